The monoisotopic (exact) mass is 719 g/mol. The van der Waals surface area contributed by atoms with Crippen molar-refractivity contribution in [3.8, 4) is 16.8 Å². The lowest BCUT2D eigenvalue weighted by Gasteiger charge is -2.34. The number of amides is 1. The van der Waals surface area contributed by atoms with Crippen molar-refractivity contribution < 1.29 is 18.0 Å². The first-order valence-electron chi connectivity index (χ1n) is 17.8. The smallest absolute Gasteiger partial charge is 0.384 e. The number of nitrogens with one attached hydrogen (secondary N) is 1. The molecule has 266 valence electrons. The molecule has 3 aliphatic heterocycles. The number of nitrogens with zero attached hydrogens (tertiary/aromatic N) is 4. The highest BCUT2D eigenvalue weighted by Gasteiger charge is 2.40. The van der Waals surface area contributed by atoms with Crippen molar-refractivity contribution in [3.63, 3.8) is 0 Å². The normalized spacial score (nSPS) is 18.8. The summed E-state index contributed by atoms with van der Waals surface area (Å²) in [5.41, 5.74) is 11.4. The zero-order valence-electron chi connectivity index (χ0n) is 28.8. The number of halogens is 3. The lowest BCUT2D eigenvalue weighted by molar-refractivity contribution is -0.111. The zero-order valence-corrected chi connectivity index (χ0v) is 28.8. The molecule has 1 aromatic heterocycles. The van der Waals surface area contributed by atoms with Crippen LogP contribution in [0.25, 0.3) is 16.8 Å². The van der Waals surface area contributed by atoms with E-state index in [-0.39, 0.29) is 23.8 Å². The average Bonchev–Trinajstić information content (AvgIpc) is 3.88. The fraction of sp³-hybridized carbons (Fsp3) is 0.159. The summed E-state index contributed by atoms with van der Waals surface area (Å²) in [4.78, 5) is 26.7. The summed E-state index contributed by atoms with van der Waals surface area (Å²) in [7, 11) is 0. The van der Waals surface area contributed by atoms with Crippen molar-refractivity contribution in [2.75, 3.05) is 11.9 Å². The van der Waals surface area contributed by atoms with Gasteiger partial charge < -0.3 is 5.32 Å². The number of benzene rings is 4. The summed E-state index contributed by atoms with van der Waals surface area (Å²) in [5.74, 6) is -0.822. The molecule has 1 N–H and O–H groups in total. The van der Waals surface area contributed by atoms with Gasteiger partial charge in [-0.2, -0.15) is 18.3 Å². The summed E-state index contributed by atoms with van der Waals surface area (Å²) in [6.45, 7) is 0.848. The van der Waals surface area contributed by atoms with Crippen LogP contribution in [0.4, 0.5) is 18.9 Å². The Morgan fingerprint density at radius 3 is 2.44 bits per heavy atom. The van der Waals surface area contributed by atoms with Gasteiger partial charge >= 0.3 is 6.18 Å². The zero-order chi connectivity index (χ0) is 37.0. The Morgan fingerprint density at radius 2 is 1.63 bits per heavy atom. The summed E-state index contributed by atoms with van der Waals surface area (Å²) in [6.07, 6.45) is 4.86. The summed E-state index contributed by atoms with van der Waals surface area (Å²) >= 11 is 0. The number of carbonyl (C=O) groups excluding carboxylic acids is 1. The van der Waals surface area contributed by atoms with Crippen LogP contribution < -0.4 is 10.9 Å². The second-order valence-corrected chi connectivity index (χ2v) is 13.8. The van der Waals surface area contributed by atoms with E-state index in [2.05, 4.69) is 44.8 Å². The van der Waals surface area contributed by atoms with Gasteiger partial charge in [0.05, 0.1) is 6.21 Å². The maximum absolute atomic E-state index is 14.5. The molecule has 0 bridgehead atoms. The number of dihydropyridines is 1. The number of pyridine rings is 1. The molecule has 0 saturated heterocycles. The van der Waals surface area contributed by atoms with E-state index in [0.29, 0.717) is 12.1 Å². The molecule has 10 rings (SSSR count). The van der Waals surface area contributed by atoms with Crippen molar-refractivity contribution in [1.29, 1.82) is 0 Å². The van der Waals surface area contributed by atoms with E-state index in [1.54, 1.807) is 29.1 Å². The van der Waals surface area contributed by atoms with Crippen LogP contribution in [0.5, 0.6) is 0 Å². The van der Waals surface area contributed by atoms with Crippen LogP contribution in [0.15, 0.2) is 147 Å². The van der Waals surface area contributed by atoms with E-state index in [0.717, 1.165) is 74.4 Å². The van der Waals surface area contributed by atoms with Gasteiger partial charge in [0.25, 0.3) is 11.5 Å². The van der Waals surface area contributed by atoms with Crippen LogP contribution >= 0.6 is 0 Å². The number of alkyl halides is 3. The Morgan fingerprint density at radius 1 is 0.815 bits per heavy atom. The molecule has 2 unspecified atom stereocenters. The molecule has 0 saturated carbocycles. The highest BCUT2D eigenvalue weighted by molar-refractivity contribution is 6.53. The molecule has 0 fully saturated rings. The van der Waals surface area contributed by atoms with Crippen LogP contribution in [0.3, 0.4) is 0 Å². The number of aliphatic imine (C=N–C) groups is 1. The lowest BCUT2D eigenvalue weighted by atomic mass is 9.70. The van der Waals surface area contributed by atoms with Gasteiger partial charge in [-0.25, -0.2) is 4.99 Å². The Labute approximate surface area is 308 Å². The number of aromatic nitrogens is 1. The van der Waals surface area contributed by atoms with E-state index in [1.165, 1.54) is 23.9 Å². The highest BCUT2D eigenvalue weighted by Crippen LogP contribution is 2.49. The fourth-order valence-corrected chi connectivity index (χ4v) is 8.18. The van der Waals surface area contributed by atoms with Crippen LogP contribution in [-0.2, 0) is 24.1 Å². The number of hydrogen-bond donors (Lipinski definition) is 1. The maximum Gasteiger partial charge on any atom is 0.412 e. The first-order valence-corrected chi connectivity index (χ1v) is 17.8. The standard InChI is InChI=1S/C38H29F3N2O.C6H3N3O/c39-38(40,41)26-20-32(25-9-8-24-16-17-42-36(24)19-25)31-15-14-30-28-5-1-2-6-29(28)33(22-35(30)34(31)21-26)23-10-12-27(13-11-23)43-18-4-3-7-37(43)44;10-6-5-4(1-2-7-6)3-8-9-5/h1-15,18-20,32-33,42H,16-17,21-22H2;1-3H. The summed E-state index contributed by atoms with van der Waals surface area (Å²) in [6, 6.07) is 31.5. The van der Waals surface area contributed by atoms with Gasteiger partial charge in [0.2, 0.25) is 0 Å². The molecule has 7 nitrogen and oxygen atoms in total. The molecular formula is C44H32F3N5O2. The van der Waals surface area contributed by atoms with Crippen molar-refractivity contribution in [2.45, 2.75) is 37.3 Å². The van der Waals surface area contributed by atoms with Gasteiger partial charge in [-0.05, 0) is 93.3 Å². The Bertz CT molecular complexity index is 2570. The fourth-order valence-electron chi connectivity index (χ4n) is 8.18. The molecular weight excluding hydrogens is 688 g/mol. The van der Waals surface area contributed by atoms with Crippen LogP contribution in [-0.4, -0.2) is 41.3 Å². The van der Waals surface area contributed by atoms with Gasteiger partial charge in [-0.1, -0.05) is 72.8 Å². The van der Waals surface area contributed by atoms with E-state index in [4.69, 9.17) is 0 Å². The molecule has 0 spiro atoms. The lowest BCUT2D eigenvalue weighted by Crippen LogP contribution is -2.24. The minimum atomic E-state index is -4.41. The third-order valence-corrected chi connectivity index (χ3v) is 10.8. The van der Waals surface area contributed by atoms with Crippen molar-refractivity contribution in [1.82, 2.24) is 4.57 Å². The number of rotatable bonds is 3. The van der Waals surface area contributed by atoms with Crippen LogP contribution in [0, 0.1) is 0 Å². The molecule has 4 heterocycles. The number of allylic oxidation sites excluding steroid dienone is 3. The Kier molecular flexibility index (Phi) is 8.18. The van der Waals surface area contributed by atoms with E-state index in [9.17, 15) is 22.8 Å². The molecule has 5 aromatic rings. The molecule has 0 radical (unpaired) electrons. The largest absolute Gasteiger partial charge is 0.412 e. The molecule has 10 heteroatoms. The SMILES string of the molecule is O=C1N=CC=C2C=NN=C12.O=c1ccccn1-c1ccc(C2Cc3c(ccc4c3CC(C(F)(F)F)=CC4c3ccc4c(c3)NCC4)-c3ccccc32)cc1. The Hall–Kier alpha value is -6.42. The second-order valence-electron chi connectivity index (χ2n) is 13.8. The van der Waals surface area contributed by atoms with E-state index < -0.39 is 17.7 Å². The average molecular weight is 720 g/mol. The third kappa shape index (κ3) is 5.93. The number of carbonyl (C=O) groups is 1. The quantitative estimate of drug-likeness (QED) is 0.190. The maximum atomic E-state index is 14.5. The minimum absolute atomic E-state index is 0.0327. The van der Waals surface area contributed by atoms with Gasteiger partial charge in [-0.3, -0.25) is 14.2 Å². The van der Waals surface area contributed by atoms with Crippen molar-refractivity contribution >= 4 is 29.7 Å². The van der Waals surface area contributed by atoms with Gasteiger partial charge in [0, 0.05) is 65.8 Å². The number of anilines is 1. The number of hydrogen-bond acceptors (Lipinski definition) is 5. The second kappa shape index (κ2) is 13.2. The molecule has 5 aliphatic rings. The predicted molar refractivity (Wildman–Crippen MR) is 205 cm³/mol. The van der Waals surface area contributed by atoms with Crippen molar-refractivity contribution in [3.05, 3.63) is 176 Å². The van der Waals surface area contributed by atoms with Gasteiger partial charge in [0.1, 0.15) is 0 Å². The number of fused-ring (bicyclic) bond motifs is 7. The molecule has 1 amide bonds. The first kappa shape index (κ1) is 33.4. The van der Waals surface area contributed by atoms with Gasteiger partial charge in [0.15, 0.2) is 5.71 Å². The topological polar surface area (TPSA) is 88.2 Å². The van der Waals surface area contributed by atoms with Crippen LogP contribution in [0.1, 0.15) is 50.8 Å². The van der Waals surface area contributed by atoms with E-state index >= 15 is 0 Å². The van der Waals surface area contributed by atoms with Crippen molar-refractivity contribution in [2.24, 2.45) is 15.2 Å². The van der Waals surface area contributed by atoms with Crippen LogP contribution in [0.2, 0.25) is 0 Å². The first-order chi connectivity index (χ1) is 26.2. The Balaban J connectivity index is 0.000000332. The minimum Gasteiger partial charge on any atom is -0.384 e. The van der Waals surface area contributed by atoms with E-state index in [1.807, 2.05) is 60.7 Å². The molecule has 4 aromatic carbocycles. The molecule has 2 atom stereocenters. The predicted octanol–water partition coefficient (Wildman–Crippen LogP) is 8.30. The molecule has 54 heavy (non-hydrogen) atoms. The molecule has 2 aliphatic carbocycles. The highest BCUT2D eigenvalue weighted by atomic mass is 19.4. The van der Waals surface area contributed by atoms with Gasteiger partial charge in [-0.15, -0.1) is 5.10 Å². The third-order valence-electron chi connectivity index (χ3n) is 10.8. The summed E-state index contributed by atoms with van der Waals surface area (Å²) < 4.78 is 45.0. The summed E-state index contributed by atoms with van der Waals surface area (Å²) in [5, 5.41) is 10.6.